The molecule has 1 heterocycles. The van der Waals surface area contributed by atoms with E-state index in [2.05, 4.69) is 15.0 Å². The Balaban J connectivity index is 2.14. The molecule has 0 radical (unpaired) electrons. The van der Waals surface area contributed by atoms with E-state index in [1.165, 1.54) is 0 Å². The van der Waals surface area contributed by atoms with Crippen LogP contribution in [-0.4, -0.2) is 26.0 Å². The van der Waals surface area contributed by atoms with E-state index >= 15 is 0 Å². The highest BCUT2D eigenvalue weighted by molar-refractivity contribution is 7.89. The lowest BCUT2D eigenvalue weighted by atomic mass is 10.0. The van der Waals surface area contributed by atoms with Crippen LogP contribution in [0.15, 0.2) is 17.2 Å². The van der Waals surface area contributed by atoms with Crippen LogP contribution in [0.5, 0.6) is 0 Å². The first-order valence-corrected chi connectivity index (χ1v) is 7.79. The van der Waals surface area contributed by atoms with Gasteiger partial charge in [-0.2, -0.15) is 0 Å². The summed E-state index contributed by atoms with van der Waals surface area (Å²) in [6, 6.07) is 1.68. The highest BCUT2D eigenvalue weighted by Gasteiger charge is 2.33. The molecule has 2 rings (SSSR count). The summed E-state index contributed by atoms with van der Waals surface area (Å²) in [5.41, 5.74) is 0.591. The van der Waals surface area contributed by atoms with Crippen molar-refractivity contribution < 1.29 is 8.42 Å². The zero-order chi connectivity index (χ0) is 13.2. The summed E-state index contributed by atoms with van der Waals surface area (Å²) in [5, 5.41) is 2.98. The maximum atomic E-state index is 12.3. The number of rotatable bonds is 5. The second-order valence-corrected chi connectivity index (χ2v) is 6.95. The van der Waals surface area contributed by atoms with E-state index in [4.69, 9.17) is 0 Å². The Bertz CT molecular complexity index is 501. The highest BCUT2D eigenvalue weighted by Crippen LogP contribution is 2.30. The Morgan fingerprint density at radius 1 is 1.39 bits per heavy atom. The average Bonchev–Trinajstić information content (AvgIpc) is 2.87. The normalized spacial score (nSPS) is 19.2. The van der Waals surface area contributed by atoms with Crippen molar-refractivity contribution in [2.75, 3.05) is 7.05 Å². The van der Waals surface area contributed by atoms with Crippen LogP contribution in [0, 0.1) is 0 Å². The number of H-pyrrole nitrogens is 1. The molecule has 3 N–H and O–H groups in total. The van der Waals surface area contributed by atoms with E-state index in [1.807, 2.05) is 14.0 Å². The Kier molecular flexibility index (Phi) is 3.79. The first-order chi connectivity index (χ1) is 8.45. The number of hydrogen-bond donors (Lipinski definition) is 3. The largest absolute Gasteiger partial charge is 0.363 e. The minimum absolute atomic E-state index is 0.278. The fraction of sp³-hybridized carbons (Fsp3) is 0.667. The summed E-state index contributed by atoms with van der Waals surface area (Å²) in [5.74, 6) is 0. The molecular formula is C12H21N3O2S. The highest BCUT2D eigenvalue weighted by atomic mass is 32.2. The Labute approximate surface area is 108 Å². The summed E-state index contributed by atoms with van der Waals surface area (Å²) < 4.78 is 27.4. The van der Waals surface area contributed by atoms with Gasteiger partial charge in [0, 0.05) is 24.0 Å². The molecule has 18 heavy (non-hydrogen) atoms. The van der Waals surface area contributed by atoms with Gasteiger partial charge in [0.15, 0.2) is 0 Å². The van der Waals surface area contributed by atoms with Crippen LogP contribution in [0.25, 0.3) is 0 Å². The molecule has 102 valence electrons. The van der Waals surface area contributed by atoms with E-state index in [0.29, 0.717) is 11.4 Å². The molecule has 0 aliphatic heterocycles. The van der Waals surface area contributed by atoms with Gasteiger partial charge in [0.2, 0.25) is 10.0 Å². The Morgan fingerprint density at radius 3 is 2.67 bits per heavy atom. The summed E-state index contributed by atoms with van der Waals surface area (Å²) in [6.45, 7) is 2.62. The molecule has 1 aromatic rings. The summed E-state index contributed by atoms with van der Waals surface area (Å²) in [7, 11) is -1.58. The second-order valence-electron chi connectivity index (χ2n) is 5.26. The number of aromatic amines is 1. The lowest BCUT2D eigenvalue weighted by molar-refractivity contribution is 0.427. The van der Waals surface area contributed by atoms with Gasteiger partial charge in [-0.25, -0.2) is 13.1 Å². The van der Waals surface area contributed by atoms with Crippen molar-refractivity contribution in [1.29, 1.82) is 0 Å². The van der Waals surface area contributed by atoms with Gasteiger partial charge in [-0.3, -0.25) is 0 Å². The van der Waals surface area contributed by atoms with Crippen molar-refractivity contribution >= 4 is 10.0 Å². The van der Waals surface area contributed by atoms with Crippen LogP contribution in [-0.2, 0) is 16.6 Å². The van der Waals surface area contributed by atoms with E-state index in [9.17, 15) is 8.42 Å². The van der Waals surface area contributed by atoms with Crippen LogP contribution < -0.4 is 10.0 Å². The van der Waals surface area contributed by atoms with Crippen molar-refractivity contribution in [3.05, 3.63) is 18.0 Å². The van der Waals surface area contributed by atoms with Gasteiger partial charge in [0.05, 0.1) is 4.90 Å². The molecule has 0 atom stereocenters. The molecule has 0 bridgehead atoms. The molecule has 0 amide bonds. The third-order valence-electron chi connectivity index (χ3n) is 3.48. The lowest BCUT2D eigenvalue weighted by Gasteiger charge is -2.24. The molecule has 0 spiro atoms. The van der Waals surface area contributed by atoms with Gasteiger partial charge in [-0.05, 0) is 32.9 Å². The van der Waals surface area contributed by atoms with Gasteiger partial charge in [0.25, 0.3) is 0 Å². The van der Waals surface area contributed by atoms with E-state index in [0.717, 1.165) is 31.4 Å². The number of sulfonamides is 1. The number of hydrogen-bond acceptors (Lipinski definition) is 3. The van der Waals surface area contributed by atoms with E-state index in [1.54, 1.807) is 12.3 Å². The average molecular weight is 271 g/mol. The molecule has 6 heteroatoms. The molecule has 0 unspecified atom stereocenters. The van der Waals surface area contributed by atoms with Crippen molar-refractivity contribution in [2.24, 2.45) is 0 Å². The zero-order valence-electron chi connectivity index (χ0n) is 10.9. The van der Waals surface area contributed by atoms with Crippen LogP contribution >= 0.6 is 0 Å². The summed E-state index contributed by atoms with van der Waals surface area (Å²) in [4.78, 5) is 3.29. The third-order valence-corrected chi connectivity index (χ3v) is 5.10. The lowest BCUT2D eigenvalue weighted by Crippen LogP contribution is -2.43. The van der Waals surface area contributed by atoms with Gasteiger partial charge < -0.3 is 10.3 Å². The van der Waals surface area contributed by atoms with Crippen LogP contribution in [0.1, 0.15) is 38.3 Å². The second kappa shape index (κ2) is 5.03. The third kappa shape index (κ3) is 2.93. The Morgan fingerprint density at radius 2 is 2.06 bits per heavy atom. The van der Waals surface area contributed by atoms with Crippen LogP contribution in [0.3, 0.4) is 0 Å². The topological polar surface area (TPSA) is 74.0 Å². The standard InChI is InChI=1S/C12H21N3O2S/c1-12(5-3-4-6-12)15-18(16,17)11-7-10(8-13-2)14-9-11/h7,9,13-15H,3-6,8H2,1-2H3. The molecular weight excluding hydrogens is 250 g/mol. The minimum Gasteiger partial charge on any atom is -0.363 e. The first kappa shape index (κ1) is 13.6. The van der Waals surface area contributed by atoms with E-state index < -0.39 is 10.0 Å². The maximum Gasteiger partial charge on any atom is 0.242 e. The van der Waals surface area contributed by atoms with Crippen LogP contribution in [0.4, 0.5) is 0 Å². The van der Waals surface area contributed by atoms with Gasteiger partial charge in [0.1, 0.15) is 0 Å². The quantitative estimate of drug-likeness (QED) is 0.756. The summed E-state index contributed by atoms with van der Waals surface area (Å²) in [6.07, 6.45) is 5.57. The predicted molar refractivity (Wildman–Crippen MR) is 70.8 cm³/mol. The summed E-state index contributed by atoms with van der Waals surface area (Å²) >= 11 is 0. The fourth-order valence-corrected chi connectivity index (χ4v) is 3.99. The van der Waals surface area contributed by atoms with Gasteiger partial charge in [-0.15, -0.1) is 0 Å². The SMILES string of the molecule is CNCc1cc(S(=O)(=O)NC2(C)CCCC2)c[nH]1. The molecule has 0 saturated heterocycles. The maximum absolute atomic E-state index is 12.3. The van der Waals surface area contributed by atoms with Gasteiger partial charge >= 0.3 is 0 Å². The monoisotopic (exact) mass is 271 g/mol. The smallest absolute Gasteiger partial charge is 0.242 e. The van der Waals surface area contributed by atoms with Crippen molar-refractivity contribution in [1.82, 2.24) is 15.0 Å². The molecule has 1 aliphatic carbocycles. The Hall–Kier alpha value is -0.850. The van der Waals surface area contributed by atoms with Crippen molar-refractivity contribution in [3.8, 4) is 0 Å². The zero-order valence-corrected chi connectivity index (χ0v) is 11.7. The number of nitrogens with one attached hydrogen (secondary N) is 3. The molecule has 5 nitrogen and oxygen atoms in total. The van der Waals surface area contributed by atoms with Crippen molar-refractivity contribution in [2.45, 2.75) is 49.6 Å². The molecule has 1 aromatic heterocycles. The first-order valence-electron chi connectivity index (χ1n) is 6.31. The van der Waals surface area contributed by atoms with Gasteiger partial charge in [-0.1, -0.05) is 12.8 Å². The molecule has 1 aliphatic rings. The molecule has 1 saturated carbocycles. The fourth-order valence-electron chi connectivity index (χ4n) is 2.51. The van der Waals surface area contributed by atoms with Crippen LogP contribution in [0.2, 0.25) is 0 Å². The predicted octanol–water partition coefficient (Wildman–Crippen LogP) is 1.35. The molecule has 1 fully saturated rings. The van der Waals surface area contributed by atoms with E-state index in [-0.39, 0.29) is 5.54 Å². The number of aromatic nitrogens is 1. The minimum atomic E-state index is -3.41. The van der Waals surface area contributed by atoms with Crippen molar-refractivity contribution in [3.63, 3.8) is 0 Å². The molecule has 0 aromatic carbocycles.